The molecule has 0 aliphatic heterocycles. The fraction of sp³-hybridized carbons (Fsp3) is 0.512. The Morgan fingerprint density at radius 2 is 1.14 bits per heavy atom. The van der Waals surface area contributed by atoms with Crippen LogP contribution in [0.2, 0.25) is 0 Å². The number of unbranched alkanes of at least 4 members (excludes halogenated alkanes) is 1. The Hall–Kier alpha value is -6.68. The van der Waals surface area contributed by atoms with Gasteiger partial charge in [0.25, 0.3) is 5.91 Å². The minimum Gasteiger partial charge on any atom is -0.480 e. The van der Waals surface area contributed by atoms with Gasteiger partial charge >= 0.3 is 5.97 Å². The van der Waals surface area contributed by atoms with E-state index >= 15 is 0 Å². The van der Waals surface area contributed by atoms with E-state index in [1.807, 2.05) is 24.3 Å². The van der Waals surface area contributed by atoms with Gasteiger partial charge in [-0.1, -0.05) is 44.2 Å². The molecule has 9 amide bonds. The van der Waals surface area contributed by atoms with E-state index in [9.17, 15) is 58.2 Å². The molecule has 63 heavy (non-hydrogen) atoms. The molecule has 0 fully saturated rings. The second kappa shape index (κ2) is 26.6. The topological polar surface area (TPSA) is 359 Å². The van der Waals surface area contributed by atoms with Crippen LogP contribution in [-0.2, 0) is 43.2 Å². The maximum Gasteiger partial charge on any atom is 0.328 e. The number of benzene rings is 2. The highest BCUT2D eigenvalue weighted by Gasteiger charge is 2.31. The lowest BCUT2D eigenvalue weighted by Gasteiger charge is -2.24. The first-order chi connectivity index (χ1) is 29.8. The number of nitrogens with two attached hydrogens (primary N) is 2. The summed E-state index contributed by atoms with van der Waals surface area (Å²) in [4.78, 5) is 127. The van der Waals surface area contributed by atoms with E-state index in [0.717, 1.165) is 10.8 Å². The average molecular weight is 885 g/mol. The Morgan fingerprint density at radius 3 is 1.68 bits per heavy atom. The molecule has 0 saturated heterocycles. The van der Waals surface area contributed by atoms with E-state index in [-0.39, 0.29) is 32.1 Å². The quantitative estimate of drug-likeness (QED) is 0.0407. The van der Waals surface area contributed by atoms with Gasteiger partial charge in [0.1, 0.15) is 30.2 Å². The molecule has 0 bridgehead atoms. The van der Waals surface area contributed by atoms with Gasteiger partial charge in [-0.15, -0.1) is 0 Å². The van der Waals surface area contributed by atoms with E-state index in [2.05, 4.69) is 42.5 Å². The highest BCUT2D eigenvalue weighted by Crippen LogP contribution is 2.16. The third kappa shape index (κ3) is 18.1. The summed E-state index contributed by atoms with van der Waals surface area (Å²) in [6.07, 6.45) is -0.906. The number of carbonyl (C=O) groups excluding carboxylic acids is 9. The number of carboxylic acids is 1. The second-order valence-corrected chi connectivity index (χ2v) is 14.7. The second-order valence-electron chi connectivity index (χ2n) is 14.7. The molecule has 0 saturated carbocycles. The summed E-state index contributed by atoms with van der Waals surface area (Å²) in [5.74, 6) is -8.44. The summed E-state index contributed by atoms with van der Waals surface area (Å²) in [6.45, 7) is 4.75. The highest BCUT2D eigenvalue weighted by molar-refractivity contribution is 6.01. The van der Waals surface area contributed by atoms with Crippen molar-refractivity contribution in [1.82, 2.24) is 42.5 Å². The molecule has 14 N–H and O–H groups in total. The summed E-state index contributed by atoms with van der Waals surface area (Å²) < 4.78 is 0. The Bertz CT molecular complexity index is 1960. The van der Waals surface area contributed by atoms with Crippen molar-refractivity contribution in [3.05, 3.63) is 48.0 Å². The van der Waals surface area contributed by atoms with Crippen LogP contribution < -0.4 is 54.0 Å². The van der Waals surface area contributed by atoms with Gasteiger partial charge in [0.15, 0.2) is 6.04 Å². The average Bonchev–Trinajstić information content (AvgIpc) is 3.24. The number of primary amides is 1. The normalized spacial score (nSPS) is 14.2. The van der Waals surface area contributed by atoms with E-state index < -0.39 is 115 Å². The van der Waals surface area contributed by atoms with E-state index in [1.165, 1.54) is 13.8 Å². The maximum atomic E-state index is 13.4. The molecule has 0 radical (unpaired) electrons. The summed E-state index contributed by atoms with van der Waals surface area (Å²) in [6, 6.07) is 4.73. The summed E-state index contributed by atoms with van der Waals surface area (Å²) >= 11 is 0. The van der Waals surface area contributed by atoms with Crippen LogP contribution in [0.15, 0.2) is 42.5 Å². The first-order valence-electron chi connectivity index (χ1n) is 20.6. The number of hydrogen-bond donors (Lipinski definition) is 12. The van der Waals surface area contributed by atoms with Crippen LogP contribution in [0, 0.1) is 0 Å². The molecule has 22 nitrogen and oxygen atoms in total. The number of carbonyl (C=O) groups is 10. The molecule has 0 spiro atoms. The van der Waals surface area contributed by atoms with Crippen molar-refractivity contribution < 1.29 is 58.2 Å². The van der Waals surface area contributed by atoms with Gasteiger partial charge in [0, 0.05) is 12.0 Å². The predicted molar refractivity (Wildman–Crippen MR) is 228 cm³/mol. The van der Waals surface area contributed by atoms with Crippen molar-refractivity contribution in [2.75, 3.05) is 19.6 Å². The number of aliphatic hydroxyl groups excluding tert-OH is 1. The third-order valence-electron chi connectivity index (χ3n) is 9.66. The summed E-state index contributed by atoms with van der Waals surface area (Å²) in [5.41, 5.74) is 11.1. The molecule has 0 aromatic heterocycles. The summed E-state index contributed by atoms with van der Waals surface area (Å²) in [7, 11) is 0. The first kappa shape index (κ1) is 52.5. The van der Waals surface area contributed by atoms with E-state index in [1.54, 1.807) is 32.0 Å². The first-order valence-corrected chi connectivity index (χ1v) is 20.6. The Kier molecular flexibility index (Phi) is 22.2. The lowest BCUT2D eigenvalue weighted by Crippen LogP contribution is -2.57. The van der Waals surface area contributed by atoms with Crippen LogP contribution >= 0.6 is 0 Å². The van der Waals surface area contributed by atoms with Crippen LogP contribution in [-0.4, -0.2) is 131 Å². The molecule has 0 aliphatic rings. The molecule has 0 aliphatic carbocycles. The Balaban J connectivity index is 1.95. The predicted octanol–water partition coefficient (Wildman–Crippen LogP) is -2.71. The fourth-order valence-corrected chi connectivity index (χ4v) is 5.98. The van der Waals surface area contributed by atoms with Gasteiger partial charge < -0.3 is 64.2 Å². The number of fused-ring (bicyclic) bond motifs is 1. The molecule has 1 unspecified atom stereocenters. The van der Waals surface area contributed by atoms with Crippen LogP contribution in [0.4, 0.5) is 0 Å². The van der Waals surface area contributed by atoms with Crippen LogP contribution in [0.1, 0.15) is 83.0 Å². The number of hydrogen-bond acceptors (Lipinski definition) is 12. The van der Waals surface area contributed by atoms with Gasteiger partial charge in [0.2, 0.25) is 47.3 Å². The fourth-order valence-electron chi connectivity index (χ4n) is 5.98. The molecule has 0 heterocycles. The number of nitrogens with one attached hydrogen (secondary N) is 8. The molecule has 2 aromatic rings. The van der Waals surface area contributed by atoms with Crippen molar-refractivity contribution in [2.45, 2.75) is 115 Å². The number of carboxylic acid groups (broad SMARTS) is 1. The van der Waals surface area contributed by atoms with Crippen LogP contribution in [0.3, 0.4) is 0 Å². The minimum absolute atomic E-state index is 0.0339. The number of rotatable bonds is 27. The van der Waals surface area contributed by atoms with Crippen molar-refractivity contribution >= 4 is 69.9 Å². The van der Waals surface area contributed by atoms with Gasteiger partial charge in [-0.05, 0) is 81.8 Å². The van der Waals surface area contributed by atoms with Gasteiger partial charge in [-0.2, -0.15) is 0 Å². The zero-order valence-corrected chi connectivity index (χ0v) is 35.8. The smallest absolute Gasteiger partial charge is 0.328 e. The number of amides is 9. The van der Waals surface area contributed by atoms with E-state index in [4.69, 9.17) is 11.5 Å². The lowest BCUT2D eigenvalue weighted by atomic mass is 10.1. The third-order valence-corrected chi connectivity index (χ3v) is 9.66. The zero-order valence-electron chi connectivity index (χ0n) is 35.8. The summed E-state index contributed by atoms with van der Waals surface area (Å²) in [5, 5.41) is 40.0. The number of aliphatic carboxylic acids is 1. The van der Waals surface area contributed by atoms with E-state index in [0.29, 0.717) is 24.9 Å². The van der Waals surface area contributed by atoms with Gasteiger partial charge in [0.05, 0.1) is 19.2 Å². The molecular weight excluding hydrogens is 825 g/mol. The highest BCUT2D eigenvalue weighted by atomic mass is 16.4. The van der Waals surface area contributed by atoms with Crippen molar-refractivity contribution in [2.24, 2.45) is 11.5 Å². The van der Waals surface area contributed by atoms with Gasteiger partial charge in [-0.3, -0.25) is 43.2 Å². The zero-order chi connectivity index (χ0) is 47.2. The monoisotopic (exact) mass is 884 g/mol. The Morgan fingerprint density at radius 1 is 0.619 bits per heavy atom. The number of aliphatic hydroxyl groups is 1. The molecule has 2 rings (SSSR count). The van der Waals surface area contributed by atoms with Crippen LogP contribution in [0.5, 0.6) is 0 Å². The van der Waals surface area contributed by atoms with Gasteiger partial charge in [-0.25, -0.2) is 4.79 Å². The Labute approximate surface area is 364 Å². The van der Waals surface area contributed by atoms with Crippen molar-refractivity contribution in [3.8, 4) is 0 Å². The molecular formula is C41H60N10O12. The standard InChI is InChI=1S/C41H60N10O12/c1-5-27(37(58)44-21-33(55)48-29(13-9-10-18-42)40(61)51-34(23(4)52)41(62)63)47-32(54)20-45-38(59)28(6-2)49-39(60)30(16-17-31(43)53)50-35(56)22(3)46-36(57)26-15-14-24-11-7-8-12-25(24)19-26/h7-8,11-12,14-15,19,22-23,27-30,34,52H,5-6,9-10,13,16-18,20-21,42H2,1-4H3,(H2,43,53)(H,44,58)(H,45,59)(H,46,57)(H,47,54)(H,48,55)(H,49,60)(H,50,56)(H,51,61)(H,62,63)/t22-,23+,27-,28-,29-,30-,34?/m0/s1. The molecule has 346 valence electrons. The maximum absolute atomic E-state index is 13.4. The largest absolute Gasteiger partial charge is 0.480 e. The minimum atomic E-state index is -1.64. The van der Waals surface area contributed by atoms with Crippen molar-refractivity contribution in [3.63, 3.8) is 0 Å². The molecule has 2 aromatic carbocycles. The molecule has 7 atom stereocenters. The van der Waals surface area contributed by atoms with Crippen molar-refractivity contribution in [1.29, 1.82) is 0 Å². The van der Waals surface area contributed by atoms with Crippen LogP contribution in [0.25, 0.3) is 10.8 Å². The molecule has 22 heteroatoms. The SMILES string of the molecule is CC[C@H](NC(=O)CNC(=O)[C@H](CC)NC(=O)[C@H](CCC(N)=O)NC(=O)[C@H](C)NC(=O)c1ccc2ccccc2c1)C(=O)NCC(=O)N[C@@H](CCCCN)C(=O)NC(C(=O)O)[C@@H](C)O. The lowest BCUT2D eigenvalue weighted by molar-refractivity contribution is -0.145.